The van der Waals surface area contributed by atoms with Crippen LogP contribution in [0, 0.1) is 20.2 Å². The minimum atomic E-state index is -0.615. The van der Waals surface area contributed by atoms with Gasteiger partial charge in [-0.05, 0) is 47.9 Å². The molecule has 1 amide bonds. The van der Waals surface area contributed by atoms with E-state index in [9.17, 15) is 25.0 Å². The van der Waals surface area contributed by atoms with Gasteiger partial charge in [0.25, 0.3) is 17.3 Å². The van der Waals surface area contributed by atoms with E-state index < -0.39 is 21.8 Å². The maximum atomic E-state index is 13.6. The summed E-state index contributed by atoms with van der Waals surface area (Å²) in [5.41, 5.74) is 1.31. The second-order valence-electron chi connectivity index (χ2n) is 8.01. The first-order chi connectivity index (χ1) is 17.3. The van der Waals surface area contributed by atoms with Gasteiger partial charge in [0, 0.05) is 24.7 Å². The summed E-state index contributed by atoms with van der Waals surface area (Å²) in [5.74, 6) is 0.896. The average molecular weight is 493 g/mol. The van der Waals surface area contributed by atoms with Crippen LogP contribution in [0.5, 0.6) is 17.2 Å². The van der Waals surface area contributed by atoms with Crippen molar-refractivity contribution in [3.63, 3.8) is 0 Å². The highest BCUT2D eigenvalue weighted by molar-refractivity contribution is 5.98. The van der Waals surface area contributed by atoms with Crippen LogP contribution in [0.4, 0.5) is 11.4 Å². The molecular weight excluding hydrogens is 470 g/mol. The Bertz CT molecular complexity index is 1310. The first-order valence-corrected chi connectivity index (χ1v) is 11.0. The molecule has 0 aromatic heterocycles. The molecule has 1 atom stereocenters. The van der Waals surface area contributed by atoms with E-state index in [4.69, 9.17) is 14.2 Å². The number of rotatable bonds is 8. The zero-order chi connectivity index (χ0) is 25.8. The van der Waals surface area contributed by atoms with E-state index in [0.717, 1.165) is 11.1 Å². The highest BCUT2D eigenvalue weighted by atomic mass is 16.6. The predicted molar refractivity (Wildman–Crippen MR) is 129 cm³/mol. The SMILES string of the molecule is COc1cc2c(cc1OC)[C@H](COc1ccc([N+](=O)[O-])cc1)N(C(=O)c1ccccc1[N+](=O)[O-])CC2. The van der Waals surface area contributed by atoms with Crippen LogP contribution < -0.4 is 14.2 Å². The number of hydrogen-bond donors (Lipinski definition) is 0. The summed E-state index contributed by atoms with van der Waals surface area (Å²) in [4.78, 5) is 36.6. The second kappa shape index (κ2) is 10.3. The molecule has 0 radical (unpaired) electrons. The number of amides is 1. The largest absolute Gasteiger partial charge is 0.493 e. The van der Waals surface area contributed by atoms with Crippen LogP contribution in [0.15, 0.2) is 60.7 Å². The van der Waals surface area contributed by atoms with Crippen molar-refractivity contribution in [1.82, 2.24) is 4.90 Å². The molecule has 1 heterocycles. The lowest BCUT2D eigenvalue weighted by atomic mass is 9.91. The van der Waals surface area contributed by atoms with Gasteiger partial charge in [-0.15, -0.1) is 0 Å². The van der Waals surface area contributed by atoms with Crippen molar-refractivity contribution < 1.29 is 28.9 Å². The van der Waals surface area contributed by atoms with Crippen molar-refractivity contribution in [3.05, 3.63) is 97.6 Å². The van der Waals surface area contributed by atoms with E-state index in [1.54, 1.807) is 17.0 Å². The summed E-state index contributed by atoms with van der Waals surface area (Å²) in [6.45, 7) is 0.300. The van der Waals surface area contributed by atoms with Gasteiger partial charge in [0.05, 0.1) is 30.1 Å². The lowest BCUT2D eigenvalue weighted by molar-refractivity contribution is -0.385. The molecule has 0 aliphatic carbocycles. The van der Waals surface area contributed by atoms with Gasteiger partial charge in [0.1, 0.15) is 17.9 Å². The number of ether oxygens (including phenoxy) is 3. The van der Waals surface area contributed by atoms with Gasteiger partial charge >= 0.3 is 0 Å². The molecule has 11 heteroatoms. The molecule has 1 aliphatic rings. The fraction of sp³-hybridized carbons (Fsp3) is 0.240. The Labute approximate surface area is 206 Å². The molecule has 0 bridgehead atoms. The van der Waals surface area contributed by atoms with Gasteiger partial charge in [0.2, 0.25) is 0 Å². The third-order valence-corrected chi connectivity index (χ3v) is 6.05. The number of methoxy groups -OCH3 is 2. The van der Waals surface area contributed by atoms with Crippen LogP contribution >= 0.6 is 0 Å². The smallest absolute Gasteiger partial charge is 0.282 e. The lowest BCUT2D eigenvalue weighted by Crippen LogP contribution is -2.42. The maximum absolute atomic E-state index is 13.6. The monoisotopic (exact) mass is 493 g/mol. The van der Waals surface area contributed by atoms with E-state index in [1.165, 1.54) is 56.7 Å². The first-order valence-electron chi connectivity index (χ1n) is 11.0. The Morgan fingerprint density at radius 2 is 1.64 bits per heavy atom. The maximum Gasteiger partial charge on any atom is 0.282 e. The Kier molecular flexibility index (Phi) is 7.00. The normalized spacial score (nSPS) is 14.5. The van der Waals surface area contributed by atoms with Gasteiger partial charge in [-0.2, -0.15) is 0 Å². The van der Waals surface area contributed by atoms with E-state index in [-0.39, 0.29) is 23.5 Å². The standard InChI is InChI=1S/C25H23N3O8/c1-34-23-13-16-11-12-26(25(29)19-5-3-4-6-21(19)28(32)33)22(20(16)14-24(23)35-2)15-36-18-9-7-17(8-10-18)27(30)31/h3-10,13-14,22H,11-12,15H2,1-2H3/t22-/m0/s1. The Morgan fingerprint density at radius 1 is 0.972 bits per heavy atom. The van der Waals surface area contributed by atoms with Crippen molar-refractivity contribution in [3.8, 4) is 17.2 Å². The molecule has 4 rings (SSSR count). The van der Waals surface area contributed by atoms with Crippen LogP contribution in [0.3, 0.4) is 0 Å². The first kappa shape index (κ1) is 24.5. The number of para-hydroxylation sites is 1. The van der Waals surface area contributed by atoms with Crippen LogP contribution in [0.1, 0.15) is 27.5 Å². The third kappa shape index (κ3) is 4.76. The van der Waals surface area contributed by atoms with E-state index >= 15 is 0 Å². The fourth-order valence-corrected chi connectivity index (χ4v) is 4.26. The highest BCUT2D eigenvalue weighted by Crippen LogP contribution is 2.39. The van der Waals surface area contributed by atoms with Crippen molar-refractivity contribution >= 4 is 17.3 Å². The fourth-order valence-electron chi connectivity index (χ4n) is 4.26. The summed E-state index contributed by atoms with van der Waals surface area (Å²) in [7, 11) is 3.04. The minimum absolute atomic E-state index is 0.00661. The van der Waals surface area contributed by atoms with Crippen LogP contribution in [-0.2, 0) is 6.42 Å². The topological polar surface area (TPSA) is 134 Å². The summed E-state index contributed by atoms with van der Waals surface area (Å²) in [6, 6.07) is 14.4. The molecule has 0 fully saturated rings. The van der Waals surface area contributed by atoms with Gasteiger partial charge in [-0.3, -0.25) is 25.0 Å². The second-order valence-corrected chi connectivity index (χ2v) is 8.01. The molecule has 0 spiro atoms. The number of nitrogens with zero attached hydrogens (tertiary/aromatic N) is 3. The van der Waals surface area contributed by atoms with Crippen molar-refractivity contribution in [2.24, 2.45) is 0 Å². The van der Waals surface area contributed by atoms with Crippen LogP contribution in [0.25, 0.3) is 0 Å². The quantitative estimate of drug-likeness (QED) is 0.334. The Balaban J connectivity index is 1.72. The number of non-ortho nitro benzene ring substituents is 1. The summed E-state index contributed by atoms with van der Waals surface area (Å²) >= 11 is 0. The zero-order valence-corrected chi connectivity index (χ0v) is 19.6. The molecule has 0 unspecified atom stereocenters. The van der Waals surface area contributed by atoms with Crippen molar-refractivity contribution in [2.75, 3.05) is 27.4 Å². The number of nitro benzene ring substituents is 2. The third-order valence-electron chi connectivity index (χ3n) is 6.05. The van der Waals surface area contributed by atoms with E-state index in [2.05, 4.69) is 0 Å². The molecule has 0 saturated carbocycles. The Morgan fingerprint density at radius 3 is 2.28 bits per heavy atom. The van der Waals surface area contributed by atoms with Crippen molar-refractivity contribution in [1.29, 1.82) is 0 Å². The molecule has 3 aromatic carbocycles. The average Bonchev–Trinajstić information content (AvgIpc) is 2.90. The van der Waals surface area contributed by atoms with Gasteiger partial charge < -0.3 is 19.1 Å². The molecule has 1 aliphatic heterocycles. The molecule has 0 N–H and O–H groups in total. The highest BCUT2D eigenvalue weighted by Gasteiger charge is 2.35. The van der Waals surface area contributed by atoms with Crippen molar-refractivity contribution in [2.45, 2.75) is 12.5 Å². The van der Waals surface area contributed by atoms with Gasteiger partial charge in [-0.25, -0.2) is 0 Å². The number of carbonyl (C=O) groups excluding carboxylic acids is 1. The Hall–Kier alpha value is -4.67. The number of nitro groups is 2. The molecule has 0 saturated heterocycles. The molecule has 186 valence electrons. The summed E-state index contributed by atoms with van der Waals surface area (Å²) in [5, 5.41) is 22.5. The minimum Gasteiger partial charge on any atom is -0.493 e. The van der Waals surface area contributed by atoms with Crippen LogP contribution in [0.2, 0.25) is 0 Å². The van der Waals surface area contributed by atoms with Crippen LogP contribution in [-0.4, -0.2) is 48.0 Å². The predicted octanol–water partition coefficient (Wildman–Crippen LogP) is 4.34. The molecular formula is C25H23N3O8. The molecule has 36 heavy (non-hydrogen) atoms. The molecule has 11 nitrogen and oxygen atoms in total. The number of carbonyl (C=O) groups is 1. The number of benzene rings is 3. The molecule has 3 aromatic rings. The summed E-state index contributed by atoms with van der Waals surface area (Å²) < 4.78 is 16.8. The lowest BCUT2D eigenvalue weighted by Gasteiger charge is -2.37. The summed E-state index contributed by atoms with van der Waals surface area (Å²) in [6.07, 6.45) is 0.496. The van der Waals surface area contributed by atoms with E-state index in [0.29, 0.717) is 30.2 Å². The van der Waals surface area contributed by atoms with E-state index in [1.807, 2.05) is 6.07 Å². The number of hydrogen-bond acceptors (Lipinski definition) is 8. The van der Waals surface area contributed by atoms with Gasteiger partial charge in [0.15, 0.2) is 11.5 Å². The zero-order valence-electron chi connectivity index (χ0n) is 19.6. The number of fused-ring (bicyclic) bond motifs is 1. The van der Waals surface area contributed by atoms with Gasteiger partial charge in [-0.1, -0.05) is 12.1 Å².